The van der Waals surface area contributed by atoms with E-state index in [0.29, 0.717) is 5.56 Å². The number of nitrogens with zero attached hydrogens (tertiary/aromatic N) is 4. The lowest BCUT2D eigenvalue weighted by atomic mass is 10.2. The van der Waals surface area contributed by atoms with Crippen molar-refractivity contribution in [3.63, 3.8) is 0 Å². The Morgan fingerprint density at radius 3 is 2.43 bits per heavy atom. The Bertz CT molecular complexity index is 1590. The van der Waals surface area contributed by atoms with E-state index in [1.165, 1.54) is 18.0 Å². The Balaban J connectivity index is 1.51. The Hall–Kier alpha value is -3.47. The summed E-state index contributed by atoms with van der Waals surface area (Å²) in [5, 5.41) is 9.59. The standard InChI is InChI=1S/C25H21N5O2S3/c1-17-12-14-20(15-13-17)35(31,32)29-26-16-21-18(2)28-30(19-8-4-3-5-9-19)24(21)34-25-27-22-10-6-7-11-23(22)33-25/h3-16,29H,1-2H3/b26-16+. The average molecular weight is 520 g/mol. The van der Waals surface area contributed by atoms with Gasteiger partial charge in [-0.3, -0.25) is 0 Å². The van der Waals surface area contributed by atoms with E-state index in [4.69, 9.17) is 10.1 Å². The van der Waals surface area contributed by atoms with Gasteiger partial charge >= 0.3 is 0 Å². The second kappa shape index (κ2) is 9.65. The molecule has 0 amide bonds. The summed E-state index contributed by atoms with van der Waals surface area (Å²) in [6, 6.07) is 24.4. The van der Waals surface area contributed by atoms with Crippen molar-refractivity contribution >= 4 is 49.6 Å². The van der Waals surface area contributed by atoms with E-state index in [1.807, 2.05) is 73.1 Å². The SMILES string of the molecule is Cc1ccc(S(=O)(=O)N/N=C/c2c(C)nn(-c3ccccc3)c2Sc2nc3ccccc3s2)cc1. The van der Waals surface area contributed by atoms with Gasteiger partial charge in [0.15, 0.2) is 4.34 Å². The number of sulfonamides is 1. The summed E-state index contributed by atoms with van der Waals surface area (Å²) in [5.41, 5.74) is 4.23. The van der Waals surface area contributed by atoms with E-state index in [-0.39, 0.29) is 4.90 Å². The number of hydrazone groups is 1. The Morgan fingerprint density at radius 1 is 0.971 bits per heavy atom. The van der Waals surface area contributed by atoms with Gasteiger partial charge in [-0.2, -0.15) is 18.6 Å². The molecule has 7 nitrogen and oxygen atoms in total. The van der Waals surface area contributed by atoms with Crippen LogP contribution in [0.25, 0.3) is 15.9 Å². The van der Waals surface area contributed by atoms with Crippen LogP contribution >= 0.6 is 23.1 Å². The molecule has 5 aromatic rings. The number of hydrogen-bond acceptors (Lipinski definition) is 7. The number of nitrogens with one attached hydrogen (secondary N) is 1. The second-order valence-corrected chi connectivity index (χ2v) is 11.7. The summed E-state index contributed by atoms with van der Waals surface area (Å²) >= 11 is 3.07. The number of para-hydroxylation sites is 2. The number of benzene rings is 3. The molecule has 0 aliphatic carbocycles. The minimum Gasteiger partial charge on any atom is -0.229 e. The van der Waals surface area contributed by atoms with Gasteiger partial charge in [-0.05, 0) is 62.0 Å². The minimum absolute atomic E-state index is 0.154. The van der Waals surface area contributed by atoms with Crippen molar-refractivity contribution in [1.29, 1.82) is 0 Å². The Labute approximate surface area is 211 Å². The molecule has 0 saturated heterocycles. The van der Waals surface area contributed by atoms with Gasteiger partial charge in [-0.1, -0.05) is 48.0 Å². The predicted octanol–water partition coefficient (Wildman–Crippen LogP) is 5.56. The first kappa shape index (κ1) is 23.3. The van der Waals surface area contributed by atoms with Gasteiger partial charge in [0.25, 0.3) is 10.0 Å². The second-order valence-electron chi connectivity index (χ2n) is 7.77. The zero-order valence-electron chi connectivity index (χ0n) is 18.9. The first-order valence-corrected chi connectivity index (χ1v) is 13.8. The van der Waals surface area contributed by atoms with Crippen molar-refractivity contribution in [3.05, 3.63) is 95.7 Å². The van der Waals surface area contributed by atoms with Gasteiger partial charge in [0.05, 0.1) is 38.3 Å². The quantitative estimate of drug-likeness (QED) is 0.225. The van der Waals surface area contributed by atoms with Crippen LogP contribution in [-0.4, -0.2) is 29.4 Å². The van der Waals surface area contributed by atoms with Crippen LogP contribution in [0.1, 0.15) is 16.8 Å². The molecule has 35 heavy (non-hydrogen) atoms. The molecule has 2 heterocycles. The smallest absolute Gasteiger partial charge is 0.229 e. The molecule has 2 aromatic heterocycles. The van der Waals surface area contributed by atoms with Crippen molar-refractivity contribution in [2.75, 3.05) is 0 Å². The fourth-order valence-electron chi connectivity index (χ4n) is 3.42. The van der Waals surface area contributed by atoms with Crippen LogP contribution in [0, 0.1) is 13.8 Å². The zero-order chi connectivity index (χ0) is 24.4. The van der Waals surface area contributed by atoms with E-state index in [9.17, 15) is 8.42 Å². The molecule has 0 saturated carbocycles. The summed E-state index contributed by atoms with van der Waals surface area (Å²) in [7, 11) is -3.79. The molecule has 0 aliphatic heterocycles. The van der Waals surface area contributed by atoms with Crippen LogP contribution in [0.15, 0.2) is 98.2 Å². The molecule has 3 aromatic carbocycles. The number of rotatable bonds is 7. The maximum absolute atomic E-state index is 12.7. The third-order valence-corrected chi connectivity index (χ3v) is 8.64. The molecule has 0 unspecified atom stereocenters. The van der Waals surface area contributed by atoms with Crippen LogP contribution < -0.4 is 4.83 Å². The van der Waals surface area contributed by atoms with Crippen LogP contribution in [-0.2, 0) is 10.0 Å². The van der Waals surface area contributed by atoms with E-state index in [0.717, 1.165) is 36.5 Å². The van der Waals surface area contributed by atoms with Crippen LogP contribution in [0.2, 0.25) is 0 Å². The molecule has 0 atom stereocenters. The minimum atomic E-state index is -3.79. The molecule has 5 rings (SSSR count). The highest BCUT2D eigenvalue weighted by Crippen LogP contribution is 2.37. The summed E-state index contributed by atoms with van der Waals surface area (Å²) < 4.78 is 29.1. The summed E-state index contributed by atoms with van der Waals surface area (Å²) in [6.45, 7) is 3.78. The van der Waals surface area contributed by atoms with Crippen molar-refractivity contribution in [1.82, 2.24) is 19.6 Å². The summed E-state index contributed by atoms with van der Waals surface area (Å²) in [4.78, 5) is 7.21. The predicted molar refractivity (Wildman–Crippen MR) is 141 cm³/mol. The summed E-state index contributed by atoms with van der Waals surface area (Å²) in [5.74, 6) is 0. The zero-order valence-corrected chi connectivity index (χ0v) is 21.4. The van der Waals surface area contributed by atoms with Gasteiger partial charge < -0.3 is 0 Å². The average Bonchev–Trinajstić information content (AvgIpc) is 3.40. The number of fused-ring (bicyclic) bond motifs is 1. The van der Waals surface area contributed by atoms with Gasteiger partial charge in [-0.15, -0.1) is 11.3 Å². The van der Waals surface area contributed by atoms with Gasteiger partial charge in [0.1, 0.15) is 5.03 Å². The first-order valence-electron chi connectivity index (χ1n) is 10.7. The van der Waals surface area contributed by atoms with Crippen molar-refractivity contribution in [3.8, 4) is 5.69 Å². The molecule has 0 radical (unpaired) electrons. The van der Waals surface area contributed by atoms with Crippen LogP contribution in [0.4, 0.5) is 0 Å². The topological polar surface area (TPSA) is 89.2 Å². The third kappa shape index (κ3) is 5.00. The lowest BCUT2D eigenvalue weighted by molar-refractivity contribution is 0.584. The van der Waals surface area contributed by atoms with E-state index in [1.54, 1.807) is 35.6 Å². The van der Waals surface area contributed by atoms with Crippen molar-refractivity contribution in [2.45, 2.75) is 28.1 Å². The van der Waals surface area contributed by atoms with Crippen molar-refractivity contribution < 1.29 is 8.42 Å². The van der Waals surface area contributed by atoms with Crippen LogP contribution in [0.3, 0.4) is 0 Å². The molecule has 1 N–H and O–H groups in total. The normalized spacial score (nSPS) is 11.9. The largest absolute Gasteiger partial charge is 0.276 e. The van der Waals surface area contributed by atoms with Crippen LogP contribution in [0.5, 0.6) is 0 Å². The monoisotopic (exact) mass is 519 g/mol. The number of aromatic nitrogens is 3. The molecule has 176 valence electrons. The molecular formula is C25H21N5O2S3. The fraction of sp³-hybridized carbons (Fsp3) is 0.0800. The molecule has 0 spiro atoms. The number of hydrogen-bond donors (Lipinski definition) is 1. The number of aryl methyl sites for hydroxylation is 2. The molecule has 0 aliphatic rings. The maximum atomic E-state index is 12.7. The van der Waals surface area contributed by atoms with Gasteiger partial charge in [0.2, 0.25) is 0 Å². The van der Waals surface area contributed by atoms with Gasteiger partial charge in [-0.25, -0.2) is 14.5 Å². The van der Waals surface area contributed by atoms with Gasteiger partial charge in [0, 0.05) is 0 Å². The molecule has 0 fully saturated rings. The third-order valence-electron chi connectivity index (χ3n) is 5.22. The molecular weight excluding hydrogens is 499 g/mol. The highest BCUT2D eigenvalue weighted by Gasteiger charge is 2.19. The maximum Gasteiger partial charge on any atom is 0.276 e. The highest BCUT2D eigenvalue weighted by molar-refractivity contribution is 8.01. The molecule has 0 bridgehead atoms. The molecule has 10 heteroatoms. The summed E-state index contributed by atoms with van der Waals surface area (Å²) in [6.07, 6.45) is 1.50. The Kier molecular flexibility index (Phi) is 6.42. The lowest BCUT2D eigenvalue weighted by Gasteiger charge is -2.07. The first-order chi connectivity index (χ1) is 16.9. The van der Waals surface area contributed by atoms with E-state index >= 15 is 0 Å². The van der Waals surface area contributed by atoms with E-state index < -0.39 is 10.0 Å². The fourth-order valence-corrected chi connectivity index (χ4v) is 6.43. The van der Waals surface area contributed by atoms with E-state index in [2.05, 4.69) is 9.93 Å². The van der Waals surface area contributed by atoms with Crippen molar-refractivity contribution in [2.24, 2.45) is 5.10 Å². The highest BCUT2D eigenvalue weighted by atomic mass is 32.2. The Morgan fingerprint density at radius 2 is 1.69 bits per heavy atom. The number of thiazole rings is 1. The lowest BCUT2D eigenvalue weighted by Crippen LogP contribution is -2.18.